The van der Waals surface area contributed by atoms with E-state index in [9.17, 15) is 4.79 Å². The monoisotopic (exact) mass is 222 g/mol. The first-order chi connectivity index (χ1) is 7.54. The summed E-state index contributed by atoms with van der Waals surface area (Å²) < 4.78 is 5.30. The molecule has 5 nitrogen and oxygen atoms in total. The molecule has 1 aromatic rings. The van der Waals surface area contributed by atoms with Crippen LogP contribution in [-0.2, 0) is 4.79 Å². The minimum absolute atomic E-state index is 0.470. The van der Waals surface area contributed by atoms with Crippen molar-refractivity contribution in [2.24, 2.45) is 10.9 Å². The van der Waals surface area contributed by atoms with Crippen molar-refractivity contribution in [3.05, 3.63) is 29.8 Å². The lowest BCUT2D eigenvalue weighted by molar-refractivity contribution is -0.123. The number of amides is 1. The van der Waals surface area contributed by atoms with Crippen molar-refractivity contribution in [3.8, 4) is 5.75 Å². The van der Waals surface area contributed by atoms with Crippen LogP contribution in [0.4, 0.5) is 0 Å². The van der Waals surface area contributed by atoms with Gasteiger partial charge < -0.3 is 15.7 Å². The maximum Gasteiger partial charge on any atom is 0.258 e. The first-order valence-corrected chi connectivity index (χ1v) is 4.79. The summed E-state index contributed by atoms with van der Waals surface area (Å²) in [4.78, 5) is 10.8. The van der Waals surface area contributed by atoms with Gasteiger partial charge in [0.2, 0.25) is 0 Å². The van der Waals surface area contributed by atoms with E-state index >= 15 is 0 Å². The van der Waals surface area contributed by atoms with Crippen molar-refractivity contribution in [1.29, 1.82) is 0 Å². The van der Waals surface area contributed by atoms with E-state index in [2.05, 4.69) is 5.16 Å². The maximum atomic E-state index is 10.8. The number of hydrogen-bond donors (Lipinski definition) is 2. The van der Waals surface area contributed by atoms with Crippen LogP contribution >= 0.6 is 0 Å². The van der Waals surface area contributed by atoms with E-state index in [0.29, 0.717) is 11.5 Å². The number of primary amides is 1. The average Bonchev–Trinajstić information content (AvgIpc) is 2.28. The average molecular weight is 222 g/mol. The number of carbonyl (C=O) groups excluding carboxylic acids is 1. The summed E-state index contributed by atoms with van der Waals surface area (Å²) in [6.07, 6.45) is -0.693. The molecule has 3 N–H and O–H groups in total. The first-order valence-electron chi connectivity index (χ1n) is 4.79. The fourth-order valence-corrected chi connectivity index (χ4v) is 1.11. The van der Waals surface area contributed by atoms with Crippen LogP contribution < -0.4 is 10.5 Å². The number of benzene rings is 1. The van der Waals surface area contributed by atoms with Crippen LogP contribution in [0.15, 0.2) is 29.4 Å². The van der Waals surface area contributed by atoms with Gasteiger partial charge in [-0.1, -0.05) is 17.3 Å². The Bertz CT molecular complexity index is 415. The Morgan fingerprint density at radius 1 is 1.56 bits per heavy atom. The Morgan fingerprint density at radius 3 is 2.81 bits per heavy atom. The summed E-state index contributed by atoms with van der Waals surface area (Å²) in [5.41, 5.74) is 6.27. The molecule has 0 saturated carbocycles. The van der Waals surface area contributed by atoms with Crippen LogP contribution in [0.2, 0.25) is 0 Å². The molecule has 0 heterocycles. The predicted octanol–water partition coefficient (Wildman–Crippen LogP) is 1.14. The van der Waals surface area contributed by atoms with E-state index in [1.165, 1.54) is 0 Å². The second-order valence-corrected chi connectivity index (χ2v) is 3.38. The highest BCUT2D eigenvalue weighted by molar-refractivity contribution is 5.98. The summed E-state index contributed by atoms with van der Waals surface area (Å²) in [6, 6.07) is 6.89. The number of rotatable bonds is 4. The zero-order valence-corrected chi connectivity index (χ0v) is 9.18. The second-order valence-electron chi connectivity index (χ2n) is 3.38. The normalized spacial score (nSPS) is 13.2. The Labute approximate surface area is 93.5 Å². The van der Waals surface area contributed by atoms with Crippen molar-refractivity contribution in [2.75, 3.05) is 0 Å². The van der Waals surface area contributed by atoms with Gasteiger partial charge in [-0.05, 0) is 26.0 Å². The van der Waals surface area contributed by atoms with Crippen LogP contribution in [0.25, 0.3) is 0 Å². The van der Waals surface area contributed by atoms with Gasteiger partial charge in [0.15, 0.2) is 6.10 Å². The van der Waals surface area contributed by atoms with Crippen molar-refractivity contribution >= 4 is 11.6 Å². The molecule has 0 fully saturated rings. The minimum atomic E-state index is -0.693. The number of nitrogens with zero attached hydrogens (tertiary/aromatic N) is 1. The third-order valence-corrected chi connectivity index (χ3v) is 2.12. The summed E-state index contributed by atoms with van der Waals surface area (Å²) in [7, 11) is 0. The maximum absolute atomic E-state index is 10.8. The molecule has 0 saturated heterocycles. The van der Waals surface area contributed by atoms with Gasteiger partial charge in [0.05, 0.1) is 5.71 Å². The van der Waals surface area contributed by atoms with Crippen LogP contribution in [-0.4, -0.2) is 22.9 Å². The SMILES string of the molecule is C/C(=N\O)c1cccc(OC(C)C(N)=O)c1. The van der Waals surface area contributed by atoms with E-state index in [1.807, 2.05) is 0 Å². The summed E-state index contributed by atoms with van der Waals surface area (Å²) in [6.45, 7) is 3.23. The largest absolute Gasteiger partial charge is 0.481 e. The van der Waals surface area contributed by atoms with Crippen LogP contribution in [0.1, 0.15) is 19.4 Å². The zero-order valence-electron chi connectivity index (χ0n) is 9.18. The van der Waals surface area contributed by atoms with E-state index < -0.39 is 12.0 Å². The van der Waals surface area contributed by atoms with Gasteiger partial charge >= 0.3 is 0 Å². The lowest BCUT2D eigenvalue weighted by Crippen LogP contribution is -2.30. The molecule has 1 aromatic carbocycles. The molecule has 0 radical (unpaired) electrons. The molecule has 1 atom stereocenters. The Morgan fingerprint density at radius 2 is 2.25 bits per heavy atom. The van der Waals surface area contributed by atoms with Gasteiger partial charge in [0, 0.05) is 5.56 Å². The molecule has 0 aliphatic heterocycles. The smallest absolute Gasteiger partial charge is 0.258 e. The third-order valence-electron chi connectivity index (χ3n) is 2.12. The Balaban J connectivity index is 2.87. The molecule has 0 bridgehead atoms. The predicted molar refractivity (Wildman–Crippen MR) is 59.7 cm³/mol. The molecule has 86 valence electrons. The number of hydrogen-bond acceptors (Lipinski definition) is 4. The number of carbonyl (C=O) groups is 1. The highest BCUT2D eigenvalue weighted by Crippen LogP contribution is 2.15. The van der Waals surface area contributed by atoms with Crippen molar-refractivity contribution in [2.45, 2.75) is 20.0 Å². The van der Waals surface area contributed by atoms with E-state index in [-0.39, 0.29) is 0 Å². The van der Waals surface area contributed by atoms with Gasteiger partial charge in [0.25, 0.3) is 5.91 Å². The zero-order chi connectivity index (χ0) is 12.1. The highest BCUT2D eigenvalue weighted by atomic mass is 16.5. The molecule has 1 amide bonds. The summed E-state index contributed by atoms with van der Waals surface area (Å²) in [5.74, 6) is -0.0234. The number of nitrogens with two attached hydrogens (primary N) is 1. The Hall–Kier alpha value is -2.04. The van der Waals surface area contributed by atoms with Crippen LogP contribution in [0.3, 0.4) is 0 Å². The van der Waals surface area contributed by atoms with Crippen molar-refractivity contribution < 1.29 is 14.7 Å². The van der Waals surface area contributed by atoms with Gasteiger partial charge in [-0.3, -0.25) is 4.79 Å². The molecule has 5 heteroatoms. The molecule has 1 rings (SSSR count). The van der Waals surface area contributed by atoms with Crippen molar-refractivity contribution in [3.63, 3.8) is 0 Å². The summed E-state index contributed by atoms with van der Waals surface area (Å²) in [5, 5.41) is 11.7. The lowest BCUT2D eigenvalue weighted by atomic mass is 10.1. The highest BCUT2D eigenvalue weighted by Gasteiger charge is 2.10. The van der Waals surface area contributed by atoms with Gasteiger partial charge in [0.1, 0.15) is 5.75 Å². The molecule has 0 aliphatic carbocycles. The van der Waals surface area contributed by atoms with E-state index in [0.717, 1.165) is 5.56 Å². The Kier molecular flexibility index (Phi) is 3.88. The minimum Gasteiger partial charge on any atom is -0.481 e. The fraction of sp³-hybridized carbons (Fsp3) is 0.273. The standard InChI is InChI=1S/C11H14N2O3/c1-7(13-15)9-4-3-5-10(6-9)16-8(2)11(12)14/h3-6,8,15H,1-2H3,(H2,12,14)/b13-7+. The quantitative estimate of drug-likeness (QED) is 0.455. The second kappa shape index (κ2) is 5.16. The van der Waals surface area contributed by atoms with Gasteiger partial charge in [-0.15, -0.1) is 0 Å². The number of ether oxygens (including phenoxy) is 1. The van der Waals surface area contributed by atoms with Gasteiger partial charge in [-0.2, -0.15) is 0 Å². The van der Waals surface area contributed by atoms with Crippen LogP contribution in [0, 0.1) is 0 Å². The molecule has 1 unspecified atom stereocenters. The van der Waals surface area contributed by atoms with E-state index in [4.69, 9.17) is 15.7 Å². The number of oxime groups is 1. The molecule has 16 heavy (non-hydrogen) atoms. The fourth-order valence-electron chi connectivity index (χ4n) is 1.11. The molecular weight excluding hydrogens is 208 g/mol. The lowest BCUT2D eigenvalue weighted by Gasteiger charge is -2.11. The van der Waals surface area contributed by atoms with Gasteiger partial charge in [-0.25, -0.2) is 0 Å². The molecule has 0 aliphatic rings. The van der Waals surface area contributed by atoms with E-state index in [1.54, 1.807) is 38.1 Å². The third kappa shape index (κ3) is 2.98. The molecule has 0 aromatic heterocycles. The van der Waals surface area contributed by atoms with Crippen molar-refractivity contribution in [1.82, 2.24) is 0 Å². The first kappa shape index (κ1) is 12.0. The molecule has 0 spiro atoms. The van der Waals surface area contributed by atoms with Crippen LogP contribution in [0.5, 0.6) is 5.75 Å². The molecular formula is C11H14N2O3. The summed E-state index contributed by atoms with van der Waals surface area (Å²) >= 11 is 0. The topological polar surface area (TPSA) is 84.9 Å².